The summed E-state index contributed by atoms with van der Waals surface area (Å²) >= 11 is 0. The molecule has 3 heteroatoms. The van der Waals surface area contributed by atoms with E-state index in [2.05, 4.69) is 67.6 Å². The molecule has 0 aromatic heterocycles. The molecule has 0 fully saturated rings. The molecule has 0 saturated heterocycles. The Morgan fingerprint density at radius 1 is 0.833 bits per heavy atom. The summed E-state index contributed by atoms with van der Waals surface area (Å²) in [7, 11) is 0. The van der Waals surface area contributed by atoms with E-state index in [1.165, 1.54) is 28.3 Å². The van der Waals surface area contributed by atoms with Crippen molar-refractivity contribution in [2.24, 2.45) is 0 Å². The van der Waals surface area contributed by atoms with Gasteiger partial charge in [-0.1, -0.05) is 91.9 Å². The minimum Gasteiger partial charge on any atom is -0.460 e. The van der Waals surface area contributed by atoms with E-state index in [1.54, 1.807) is 6.08 Å². The van der Waals surface area contributed by atoms with Gasteiger partial charge in [-0.3, -0.25) is 0 Å². The van der Waals surface area contributed by atoms with Gasteiger partial charge >= 0.3 is 5.97 Å². The van der Waals surface area contributed by atoms with E-state index in [4.69, 9.17) is 9.84 Å². The average molecular weight is 399 g/mol. The number of hydrogen-bond acceptors (Lipinski definition) is 3. The number of aliphatic hydroxyl groups is 1. The van der Waals surface area contributed by atoms with Gasteiger partial charge < -0.3 is 9.84 Å². The number of carbonyl (C=O) groups is 1. The van der Waals surface area contributed by atoms with Gasteiger partial charge in [-0.15, -0.1) is 0 Å². The molecule has 3 aromatic rings. The number of carbonyl (C=O) groups excluding carboxylic acids is 1. The summed E-state index contributed by atoms with van der Waals surface area (Å²) in [6.45, 7) is 2.01. The third kappa shape index (κ3) is 5.56. The summed E-state index contributed by atoms with van der Waals surface area (Å²) in [5.41, 5.74) is 6.93. The van der Waals surface area contributed by atoms with Gasteiger partial charge in [-0.05, 0) is 45.9 Å². The lowest BCUT2D eigenvalue weighted by Crippen LogP contribution is -2.04. The van der Waals surface area contributed by atoms with Crippen LogP contribution < -0.4 is 0 Å². The first kappa shape index (κ1) is 21.3. The fourth-order valence-corrected chi connectivity index (χ4v) is 3.40. The zero-order valence-corrected chi connectivity index (χ0v) is 17.1. The quantitative estimate of drug-likeness (QED) is 0.305. The fourth-order valence-electron chi connectivity index (χ4n) is 3.40. The van der Waals surface area contributed by atoms with Gasteiger partial charge in [0.25, 0.3) is 0 Å². The number of aliphatic hydroxyl groups excluding tert-OH is 1. The number of hydrogen-bond donors (Lipinski definition) is 1. The minimum atomic E-state index is -0.463. The predicted octanol–water partition coefficient (Wildman–Crippen LogP) is 5.60. The first-order chi connectivity index (χ1) is 14.7. The lowest BCUT2D eigenvalue weighted by molar-refractivity contribution is -0.138. The molecule has 0 spiro atoms. The van der Waals surface area contributed by atoms with Gasteiger partial charge in [0.05, 0.1) is 6.61 Å². The van der Waals surface area contributed by atoms with Crippen molar-refractivity contribution < 1.29 is 14.6 Å². The van der Waals surface area contributed by atoms with Crippen molar-refractivity contribution in [2.75, 3.05) is 13.2 Å². The Morgan fingerprint density at radius 2 is 1.40 bits per heavy atom. The summed E-state index contributed by atoms with van der Waals surface area (Å²) in [5, 5.41) is 8.72. The van der Waals surface area contributed by atoms with Gasteiger partial charge in [0.2, 0.25) is 0 Å². The van der Waals surface area contributed by atoms with Crippen molar-refractivity contribution in [2.45, 2.75) is 13.3 Å². The molecular formula is C27H26O3. The molecule has 3 aromatic carbocycles. The highest BCUT2D eigenvalue weighted by molar-refractivity contribution is 5.98. The molecular weight excluding hydrogens is 372 g/mol. The molecule has 1 N–H and O–H groups in total. The molecule has 3 nitrogen and oxygen atoms in total. The van der Waals surface area contributed by atoms with Gasteiger partial charge in [-0.2, -0.15) is 0 Å². The second kappa shape index (κ2) is 10.9. The summed E-state index contributed by atoms with van der Waals surface area (Å²) in [6, 6.07) is 29.0. The topological polar surface area (TPSA) is 46.5 Å². The summed E-state index contributed by atoms with van der Waals surface area (Å²) in [5.74, 6) is -0.463. The molecule has 30 heavy (non-hydrogen) atoms. The van der Waals surface area contributed by atoms with Crippen molar-refractivity contribution in [3.8, 4) is 0 Å². The molecule has 0 radical (unpaired) electrons. The Balaban J connectivity index is 1.98. The van der Waals surface area contributed by atoms with Crippen LogP contribution in [-0.2, 0) is 9.53 Å². The van der Waals surface area contributed by atoms with Crippen LogP contribution in [0.15, 0.2) is 91.0 Å². The van der Waals surface area contributed by atoms with Crippen LogP contribution in [0.2, 0.25) is 0 Å². The van der Waals surface area contributed by atoms with E-state index in [0.717, 1.165) is 17.5 Å². The highest BCUT2D eigenvalue weighted by atomic mass is 16.5. The number of allylic oxidation sites excluding steroid dienone is 1. The van der Waals surface area contributed by atoms with Crippen molar-refractivity contribution in [1.82, 2.24) is 0 Å². The second-order valence-electron chi connectivity index (χ2n) is 6.79. The van der Waals surface area contributed by atoms with Gasteiger partial charge in [0.15, 0.2) is 0 Å². The van der Waals surface area contributed by atoms with Crippen molar-refractivity contribution in [3.05, 3.63) is 113 Å². The van der Waals surface area contributed by atoms with Crippen LogP contribution in [-0.4, -0.2) is 24.3 Å². The SMILES string of the molecule is CC/C(=C(\c1ccccc1)c1ccc(/C=C/C(=O)OCCO)cc1)c1ccccc1. The fraction of sp³-hybridized carbons (Fsp3) is 0.148. The largest absolute Gasteiger partial charge is 0.460 e. The molecule has 0 unspecified atom stereocenters. The third-order valence-electron chi connectivity index (χ3n) is 4.79. The molecule has 0 aliphatic carbocycles. The maximum absolute atomic E-state index is 11.6. The van der Waals surface area contributed by atoms with Crippen LogP contribution in [0, 0.1) is 0 Å². The molecule has 0 amide bonds. The molecule has 0 aliphatic rings. The van der Waals surface area contributed by atoms with E-state index in [-0.39, 0.29) is 13.2 Å². The number of benzene rings is 3. The smallest absolute Gasteiger partial charge is 0.330 e. The normalized spacial score (nSPS) is 11.9. The zero-order valence-electron chi connectivity index (χ0n) is 17.1. The van der Waals surface area contributed by atoms with Crippen LogP contribution in [0.3, 0.4) is 0 Å². The number of rotatable bonds is 8. The molecule has 152 valence electrons. The summed E-state index contributed by atoms with van der Waals surface area (Å²) in [4.78, 5) is 11.6. The molecule has 0 aliphatic heterocycles. The molecule has 0 heterocycles. The predicted molar refractivity (Wildman–Crippen MR) is 123 cm³/mol. The first-order valence-corrected chi connectivity index (χ1v) is 10.1. The Labute approximate surface area is 178 Å². The van der Waals surface area contributed by atoms with Gasteiger partial charge in [0.1, 0.15) is 6.61 Å². The highest BCUT2D eigenvalue weighted by Gasteiger charge is 2.12. The van der Waals surface area contributed by atoms with Gasteiger partial charge in [-0.25, -0.2) is 4.79 Å². The monoisotopic (exact) mass is 398 g/mol. The van der Waals surface area contributed by atoms with Crippen molar-refractivity contribution in [3.63, 3.8) is 0 Å². The van der Waals surface area contributed by atoms with E-state index in [0.29, 0.717) is 0 Å². The maximum Gasteiger partial charge on any atom is 0.330 e. The van der Waals surface area contributed by atoms with E-state index < -0.39 is 5.97 Å². The van der Waals surface area contributed by atoms with E-state index in [9.17, 15) is 4.79 Å². The standard InChI is InChI=1S/C27H26O3/c1-2-25(22-9-5-3-6-10-22)27(23-11-7-4-8-12-23)24-16-13-21(14-17-24)15-18-26(29)30-20-19-28/h3-18,28H,2,19-20H2,1H3/b18-15+,27-25-. The van der Waals surface area contributed by atoms with Crippen LogP contribution >= 0.6 is 0 Å². The van der Waals surface area contributed by atoms with Gasteiger partial charge in [0, 0.05) is 6.08 Å². The average Bonchev–Trinajstić information content (AvgIpc) is 2.81. The minimum absolute atomic E-state index is 0.00657. The van der Waals surface area contributed by atoms with E-state index in [1.807, 2.05) is 24.3 Å². The van der Waals surface area contributed by atoms with Crippen LogP contribution in [0.25, 0.3) is 17.2 Å². The second-order valence-corrected chi connectivity index (χ2v) is 6.79. The third-order valence-corrected chi connectivity index (χ3v) is 4.79. The highest BCUT2D eigenvalue weighted by Crippen LogP contribution is 2.34. The Bertz CT molecular complexity index is 1000. The molecule has 0 saturated carbocycles. The Morgan fingerprint density at radius 3 is 1.97 bits per heavy atom. The van der Waals surface area contributed by atoms with Crippen LogP contribution in [0.4, 0.5) is 0 Å². The Hall–Kier alpha value is -3.43. The van der Waals surface area contributed by atoms with Crippen LogP contribution in [0.5, 0.6) is 0 Å². The number of esters is 1. The maximum atomic E-state index is 11.6. The van der Waals surface area contributed by atoms with Crippen LogP contribution in [0.1, 0.15) is 35.6 Å². The van der Waals surface area contributed by atoms with E-state index >= 15 is 0 Å². The lowest BCUT2D eigenvalue weighted by Gasteiger charge is -2.16. The van der Waals surface area contributed by atoms with Crippen molar-refractivity contribution >= 4 is 23.2 Å². The summed E-state index contributed by atoms with van der Waals surface area (Å²) < 4.78 is 4.84. The van der Waals surface area contributed by atoms with Crippen molar-refractivity contribution in [1.29, 1.82) is 0 Å². The molecule has 3 rings (SSSR count). The Kier molecular flexibility index (Phi) is 7.76. The summed E-state index contributed by atoms with van der Waals surface area (Å²) in [6.07, 6.45) is 4.00. The zero-order chi connectivity index (χ0) is 21.2. The number of ether oxygens (including phenoxy) is 1. The molecule has 0 bridgehead atoms. The lowest BCUT2D eigenvalue weighted by atomic mass is 9.88. The first-order valence-electron chi connectivity index (χ1n) is 10.1. The molecule has 0 atom stereocenters.